The summed E-state index contributed by atoms with van der Waals surface area (Å²) < 4.78 is 27.2. The number of aliphatic hydroxyl groups is 1. The molecule has 2 aromatic carbocycles. The normalized spacial score (nSPS) is 14.5. The molecule has 3 unspecified atom stereocenters. The van der Waals surface area contributed by atoms with Crippen LogP contribution < -0.4 is 15.9 Å². The number of nitrogens with two attached hydrogens (primary N) is 1. The predicted molar refractivity (Wildman–Crippen MR) is 158 cm³/mol. The van der Waals surface area contributed by atoms with Crippen LogP contribution in [0.3, 0.4) is 0 Å². The average Bonchev–Trinajstić information content (AvgIpc) is 2.92. The summed E-state index contributed by atoms with van der Waals surface area (Å²) in [5.74, 6) is -0.662. The fourth-order valence-electron chi connectivity index (χ4n) is 4.17. The van der Waals surface area contributed by atoms with Gasteiger partial charge in [-0.3, -0.25) is 15.2 Å². The van der Waals surface area contributed by atoms with Gasteiger partial charge in [0.1, 0.15) is 6.04 Å². The van der Waals surface area contributed by atoms with E-state index in [9.17, 15) is 18.3 Å². The molecule has 0 radical (unpaired) electrons. The van der Waals surface area contributed by atoms with Crippen molar-refractivity contribution in [2.24, 2.45) is 11.1 Å². The van der Waals surface area contributed by atoms with Gasteiger partial charge in [-0.15, -0.1) is 0 Å². The molecule has 0 bridgehead atoms. The Balaban J connectivity index is 1.81. The molecule has 9 nitrogen and oxygen atoms in total. The number of sulfonamides is 1. The van der Waals surface area contributed by atoms with Crippen molar-refractivity contribution in [1.29, 1.82) is 0 Å². The lowest BCUT2D eigenvalue weighted by molar-refractivity contribution is -0.131. The van der Waals surface area contributed by atoms with Crippen molar-refractivity contribution < 1.29 is 18.3 Å². The summed E-state index contributed by atoms with van der Waals surface area (Å²) in [6.07, 6.45) is 1.23. The highest BCUT2D eigenvalue weighted by Crippen LogP contribution is 2.21. The highest BCUT2D eigenvalue weighted by atomic mass is 32.2. The van der Waals surface area contributed by atoms with E-state index in [0.29, 0.717) is 6.42 Å². The summed E-state index contributed by atoms with van der Waals surface area (Å²) in [7, 11) is -3.65. The number of pyridine rings is 1. The van der Waals surface area contributed by atoms with Crippen LogP contribution in [0, 0.1) is 5.41 Å². The van der Waals surface area contributed by atoms with Crippen LogP contribution >= 0.6 is 0 Å². The van der Waals surface area contributed by atoms with E-state index in [1.807, 2.05) is 72.8 Å². The van der Waals surface area contributed by atoms with Crippen molar-refractivity contribution in [1.82, 2.24) is 20.1 Å². The summed E-state index contributed by atoms with van der Waals surface area (Å²) in [6.45, 7) is 7.20. The molecular formula is C30H41N5O4S. The zero-order valence-corrected chi connectivity index (χ0v) is 24.4. The van der Waals surface area contributed by atoms with E-state index in [2.05, 4.69) is 15.1 Å². The van der Waals surface area contributed by atoms with Crippen molar-refractivity contribution in [2.45, 2.75) is 58.8 Å². The maximum Gasteiger partial charge on any atom is 0.252 e. The Morgan fingerprint density at radius 3 is 2.23 bits per heavy atom. The third kappa shape index (κ3) is 9.50. The molecule has 0 aliphatic rings. The van der Waals surface area contributed by atoms with Crippen LogP contribution in [0.4, 0.5) is 0 Å². The molecule has 216 valence electrons. The van der Waals surface area contributed by atoms with Crippen molar-refractivity contribution in [3.05, 3.63) is 90.1 Å². The van der Waals surface area contributed by atoms with Gasteiger partial charge in [-0.25, -0.2) is 18.1 Å². The lowest BCUT2D eigenvalue weighted by atomic mass is 9.87. The molecule has 0 saturated carbocycles. The van der Waals surface area contributed by atoms with Gasteiger partial charge >= 0.3 is 0 Å². The minimum absolute atomic E-state index is 0.0408. The standard InChI is InChI=1S/C30H41N5O4S/c1-5-40(38,39)34-28(30(2,3)4)29(37)33-35(21-27(36)25(31)19-22-11-7-6-8-12-22)20-23-14-16-24(17-15-23)26-13-9-10-18-32-26/h6-18,25,27-28,34,36H,5,19-21,31H2,1-4H3,(H,33,37). The fourth-order valence-corrected chi connectivity index (χ4v) is 5.16. The van der Waals surface area contributed by atoms with Gasteiger partial charge in [0, 0.05) is 30.9 Å². The highest BCUT2D eigenvalue weighted by Gasteiger charge is 2.35. The third-order valence-corrected chi connectivity index (χ3v) is 7.93. The second kappa shape index (κ2) is 14.0. The predicted octanol–water partition coefficient (Wildman–Crippen LogP) is 2.87. The smallest absolute Gasteiger partial charge is 0.252 e. The number of nitrogens with zero attached hydrogens (tertiary/aromatic N) is 2. The van der Waals surface area contributed by atoms with E-state index in [-0.39, 0.29) is 18.8 Å². The number of aliphatic hydroxyl groups excluding tert-OH is 1. The second-order valence-electron chi connectivity index (χ2n) is 11.0. The third-order valence-electron chi connectivity index (χ3n) is 6.58. The monoisotopic (exact) mass is 567 g/mol. The molecule has 0 aliphatic heterocycles. The first kappa shape index (κ1) is 31.4. The summed E-state index contributed by atoms with van der Waals surface area (Å²) >= 11 is 0. The van der Waals surface area contributed by atoms with Gasteiger partial charge < -0.3 is 10.8 Å². The number of nitrogens with one attached hydrogen (secondary N) is 2. The molecular weight excluding hydrogens is 526 g/mol. The maximum atomic E-state index is 13.5. The number of amides is 1. The van der Waals surface area contributed by atoms with Crippen molar-refractivity contribution in [2.75, 3.05) is 12.3 Å². The zero-order valence-electron chi connectivity index (χ0n) is 23.6. The average molecular weight is 568 g/mol. The summed E-state index contributed by atoms with van der Waals surface area (Å²) in [5.41, 5.74) is 12.2. The molecule has 1 aromatic heterocycles. The van der Waals surface area contributed by atoms with Crippen LogP contribution in [0.15, 0.2) is 79.0 Å². The van der Waals surface area contributed by atoms with Crippen LogP contribution in [-0.2, 0) is 27.8 Å². The molecule has 1 heterocycles. The van der Waals surface area contributed by atoms with E-state index in [1.54, 1.807) is 32.0 Å². The van der Waals surface area contributed by atoms with Gasteiger partial charge in [-0.1, -0.05) is 81.4 Å². The Labute approximate surface area is 237 Å². The molecule has 0 spiro atoms. The second-order valence-corrected chi connectivity index (χ2v) is 13.1. The topological polar surface area (TPSA) is 138 Å². The first-order valence-electron chi connectivity index (χ1n) is 13.4. The highest BCUT2D eigenvalue weighted by molar-refractivity contribution is 7.89. The first-order valence-corrected chi connectivity index (χ1v) is 15.1. The number of rotatable bonds is 13. The Bertz CT molecular complexity index is 1310. The molecule has 0 aliphatic carbocycles. The molecule has 0 fully saturated rings. The minimum atomic E-state index is -3.65. The number of carbonyl (C=O) groups is 1. The van der Waals surface area contributed by atoms with Gasteiger partial charge in [0.15, 0.2) is 0 Å². The van der Waals surface area contributed by atoms with Gasteiger partial charge in [0.2, 0.25) is 10.0 Å². The van der Waals surface area contributed by atoms with Crippen LogP contribution in [0.25, 0.3) is 11.3 Å². The van der Waals surface area contributed by atoms with E-state index < -0.39 is 39.5 Å². The van der Waals surface area contributed by atoms with Crippen LogP contribution in [0.5, 0.6) is 0 Å². The molecule has 5 N–H and O–H groups in total. The van der Waals surface area contributed by atoms with Gasteiger partial charge in [-0.05, 0) is 42.0 Å². The van der Waals surface area contributed by atoms with E-state index >= 15 is 0 Å². The molecule has 1 amide bonds. The fraction of sp³-hybridized carbons (Fsp3) is 0.400. The van der Waals surface area contributed by atoms with Crippen LogP contribution in [-0.4, -0.2) is 59.9 Å². The van der Waals surface area contributed by atoms with Crippen molar-refractivity contribution in [3.8, 4) is 11.3 Å². The molecule has 0 saturated heterocycles. The Morgan fingerprint density at radius 2 is 1.65 bits per heavy atom. The summed E-state index contributed by atoms with van der Waals surface area (Å²) in [4.78, 5) is 17.8. The first-order chi connectivity index (χ1) is 18.9. The number of carbonyl (C=O) groups excluding carboxylic acids is 1. The number of benzene rings is 2. The van der Waals surface area contributed by atoms with E-state index in [1.165, 1.54) is 6.92 Å². The van der Waals surface area contributed by atoms with Crippen molar-refractivity contribution in [3.63, 3.8) is 0 Å². The Hall–Kier alpha value is -3.15. The Morgan fingerprint density at radius 1 is 1.00 bits per heavy atom. The van der Waals surface area contributed by atoms with Crippen molar-refractivity contribution >= 4 is 15.9 Å². The van der Waals surface area contributed by atoms with E-state index in [4.69, 9.17) is 5.73 Å². The molecule has 40 heavy (non-hydrogen) atoms. The number of hydrazine groups is 1. The maximum absolute atomic E-state index is 13.5. The number of hydrogen-bond acceptors (Lipinski definition) is 7. The Kier molecular flexibility index (Phi) is 11.0. The van der Waals surface area contributed by atoms with Crippen LogP contribution in [0.1, 0.15) is 38.8 Å². The molecule has 3 atom stereocenters. The van der Waals surface area contributed by atoms with Crippen LogP contribution in [0.2, 0.25) is 0 Å². The summed E-state index contributed by atoms with van der Waals surface area (Å²) in [5, 5.41) is 12.6. The lowest BCUT2D eigenvalue weighted by Crippen LogP contribution is -2.58. The van der Waals surface area contributed by atoms with Gasteiger partial charge in [-0.2, -0.15) is 0 Å². The number of hydrogen-bond donors (Lipinski definition) is 4. The molecule has 10 heteroatoms. The molecule has 3 aromatic rings. The van der Waals surface area contributed by atoms with E-state index in [0.717, 1.165) is 22.4 Å². The number of aromatic nitrogens is 1. The largest absolute Gasteiger partial charge is 0.390 e. The molecule has 3 rings (SSSR count). The summed E-state index contributed by atoms with van der Waals surface area (Å²) in [6, 6.07) is 21.5. The van der Waals surface area contributed by atoms with Gasteiger partial charge in [0.05, 0.1) is 17.6 Å². The van der Waals surface area contributed by atoms with Gasteiger partial charge in [0.25, 0.3) is 5.91 Å². The lowest BCUT2D eigenvalue weighted by Gasteiger charge is -2.34. The minimum Gasteiger partial charge on any atom is -0.390 e. The quantitative estimate of drug-likeness (QED) is 0.233. The zero-order chi connectivity index (χ0) is 29.3. The SMILES string of the molecule is CCS(=O)(=O)NC(C(=O)NN(Cc1ccc(-c2ccccn2)cc1)CC(O)C(N)Cc1ccccc1)C(C)(C)C.